The molecule has 0 aliphatic rings. The van der Waals surface area contributed by atoms with Crippen LogP contribution >= 0.6 is 11.8 Å². The monoisotopic (exact) mass is 266 g/mol. The minimum absolute atomic E-state index is 0.825. The van der Waals surface area contributed by atoms with Gasteiger partial charge in [0.15, 0.2) is 0 Å². The van der Waals surface area contributed by atoms with Gasteiger partial charge in [0.05, 0.1) is 5.69 Å². The molecular formula is C16H14N2S. The Labute approximate surface area is 116 Å². The number of hydrogen-bond donors (Lipinski definition) is 1. The third-order valence-electron chi connectivity index (χ3n) is 3.04. The highest BCUT2D eigenvalue weighted by Gasteiger charge is 2.06. The summed E-state index contributed by atoms with van der Waals surface area (Å²) in [5, 5.41) is 2.14. The van der Waals surface area contributed by atoms with E-state index < -0.39 is 0 Å². The van der Waals surface area contributed by atoms with Crippen molar-refractivity contribution in [3.63, 3.8) is 0 Å². The van der Waals surface area contributed by atoms with Crippen LogP contribution in [0, 0.1) is 6.92 Å². The molecule has 2 N–H and O–H groups in total. The molecule has 2 aromatic carbocycles. The summed E-state index contributed by atoms with van der Waals surface area (Å²) in [6, 6.07) is 14.5. The second-order valence-corrected chi connectivity index (χ2v) is 5.61. The number of anilines is 1. The molecule has 0 saturated carbocycles. The number of aromatic nitrogens is 1. The van der Waals surface area contributed by atoms with Crippen molar-refractivity contribution in [2.24, 2.45) is 0 Å². The number of fused-ring (bicyclic) bond motifs is 1. The third-order valence-corrected chi connectivity index (χ3v) is 4.10. The molecule has 2 nitrogen and oxygen atoms in total. The standard InChI is InChI=1S/C16H14N2S/c1-11-3-2-4-13(9-11)19-15-6-5-12-10-18-8-7-14(12)16(15)17/h2-10H,17H2,1H3. The van der Waals surface area contributed by atoms with Crippen LogP contribution in [0.4, 0.5) is 5.69 Å². The Hall–Kier alpha value is -2.00. The van der Waals surface area contributed by atoms with E-state index in [1.165, 1.54) is 10.5 Å². The minimum Gasteiger partial charge on any atom is -0.397 e. The van der Waals surface area contributed by atoms with Crippen LogP contribution in [0.25, 0.3) is 10.8 Å². The first-order valence-electron chi connectivity index (χ1n) is 6.11. The number of nitrogen functional groups attached to an aromatic ring is 1. The predicted octanol–water partition coefficient (Wildman–Crippen LogP) is 4.28. The first-order chi connectivity index (χ1) is 9.24. The summed E-state index contributed by atoms with van der Waals surface area (Å²) in [5.74, 6) is 0. The highest BCUT2D eigenvalue weighted by Crippen LogP contribution is 2.36. The van der Waals surface area contributed by atoms with Crippen molar-refractivity contribution < 1.29 is 0 Å². The van der Waals surface area contributed by atoms with Crippen LogP contribution in [0.5, 0.6) is 0 Å². The van der Waals surface area contributed by atoms with Gasteiger partial charge in [0.25, 0.3) is 0 Å². The maximum Gasteiger partial charge on any atom is 0.0536 e. The Morgan fingerprint density at radius 2 is 2.00 bits per heavy atom. The van der Waals surface area contributed by atoms with Gasteiger partial charge >= 0.3 is 0 Å². The fourth-order valence-electron chi connectivity index (χ4n) is 2.07. The molecule has 0 saturated heterocycles. The van der Waals surface area contributed by atoms with Gasteiger partial charge in [0.2, 0.25) is 0 Å². The number of rotatable bonds is 2. The molecule has 0 fully saturated rings. The molecule has 0 spiro atoms. The molecule has 1 aromatic heterocycles. The van der Waals surface area contributed by atoms with Crippen molar-refractivity contribution in [1.82, 2.24) is 4.98 Å². The fourth-order valence-corrected chi connectivity index (χ4v) is 3.07. The van der Waals surface area contributed by atoms with Gasteiger partial charge in [0.1, 0.15) is 0 Å². The van der Waals surface area contributed by atoms with E-state index in [9.17, 15) is 0 Å². The summed E-state index contributed by atoms with van der Waals surface area (Å²) in [5.41, 5.74) is 8.34. The summed E-state index contributed by atoms with van der Waals surface area (Å²) in [6.07, 6.45) is 3.62. The number of benzene rings is 2. The molecule has 0 amide bonds. The lowest BCUT2D eigenvalue weighted by Crippen LogP contribution is -1.91. The fraction of sp³-hybridized carbons (Fsp3) is 0.0625. The Morgan fingerprint density at radius 1 is 1.11 bits per heavy atom. The molecule has 0 atom stereocenters. The van der Waals surface area contributed by atoms with Crippen molar-refractivity contribution in [3.8, 4) is 0 Å². The molecule has 3 aromatic rings. The zero-order valence-corrected chi connectivity index (χ0v) is 11.4. The van der Waals surface area contributed by atoms with E-state index in [4.69, 9.17) is 5.73 Å². The summed E-state index contributed by atoms with van der Waals surface area (Å²) < 4.78 is 0. The van der Waals surface area contributed by atoms with E-state index in [0.717, 1.165) is 21.4 Å². The number of nitrogens with two attached hydrogens (primary N) is 1. The van der Waals surface area contributed by atoms with E-state index in [-0.39, 0.29) is 0 Å². The van der Waals surface area contributed by atoms with Gasteiger partial charge in [0, 0.05) is 33.0 Å². The zero-order valence-electron chi connectivity index (χ0n) is 10.6. The van der Waals surface area contributed by atoms with Crippen LogP contribution in [-0.4, -0.2) is 4.98 Å². The molecule has 0 bridgehead atoms. The van der Waals surface area contributed by atoms with Gasteiger partial charge in [-0.15, -0.1) is 0 Å². The third kappa shape index (κ3) is 2.42. The average Bonchev–Trinajstić information content (AvgIpc) is 2.42. The normalized spacial score (nSPS) is 10.8. The second-order valence-electron chi connectivity index (χ2n) is 4.49. The number of nitrogens with zero attached hydrogens (tertiary/aromatic N) is 1. The number of hydrogen-bond acceptors (Lipinski definition) is 3. The molecule has 0 unspecified atom stereocenters. The highest BCUT2D eigenvalue weighted by atomic mass is 32.2. The van der Waals surface area contributed by atoms with Crippen LogP contribution in [0.1, 0.15) is 5.56 Å². The second kappa shape index (κ2) is 4.94. The molecule has 0 aliphatic heterocycles. The molecule has 0 aliphatic carbocycles. The molecule has 0 radical (unpaired) electrons. The summed E-state index contributed by atoms with van der Waals surface area (Å²) in [4.78, 5) is 6.41. The van der Waals surface area contributed by atoms with Crippen molar-refractivity contribution in [1.29, 1.82) is 0 Å². The zero-order chi connectivity index (χ0) is 13.2. The van der Waals surface area contributed by atoms with Gasteiger partial charge in [-0.3, -0.25) is 4.98 Å². The van der Waals surface area contributed by atoms with Gasteiger partial charge in [-0.05, 0) is 31.2 Å². The molecule has 3 heteroatoms. The summed E-state index contributed by atoms with van der Waals surface area (Å²) in [7, 11) is 0. The average molecular weight is 266 g/mol. The van der Waals surface area contributed by atoms with Crippen molar-refractivity contribution in [3.05, 3.63) is 60.4 Å². The van der Waals surface area contributed by atoms with Crippen LogP contribution in [0.2, 0.25) is 0 Å². The molecular weight excluding hydrogens is 252 g/mol. The lowest BCUT2D eigenvalue weighted by molar-refractivity contribution is 1.34. The van der Waals surface area contributed by atoms with Crippen molar-refractivity contribution in [2.45, 2.75) is 16.7 Å². The summed E-state index contributed by atoms with van der Waals surface area (Å²) in [6.45, 7) is 2.10. The number of pyridine rings is 1. The van der Waals surface area contributed by atoms with E-state index >= 15 is 0 Å². The van der Waals surface area contributed by atoms with Crippen LogP contribution < -0.4 is 5.73 Å². The minimum atomic E-state index is 0.825. The quantitative estimate of drug-likeness (QED) is 0.704. The maximum absolute atomic E-state index is 6.26. The Balaban J connectivity index is 2.04. The summed E-state index contributed by atoms with van der Waals surface area (Å²) >= 11 is 1.70. The lowest BCUT2D eigenvalue weighted by atomic mass is 10.1. The molecule has 19 heavy (non-hydrogen) atoms. The Kier molecular flexibility index (Phi) is 3.13. The number of aryl methyl sites for hydroxylation is 1. The molecule has 94 valence electrons. The SMILES string of the molecule is Cc1cccc(Sc2ccc3cnccc3c2N)c1. The van der Waals surface area contributed by atoms with Crippen molar-refractivity contribution >= 4 is 28.2 Å². The highest BCUT2D eigenvalue weighted by molar-refractivity contribution is 7.99. The van der Waals surface area contributed by atoms with Crippen LogP contribution in [0.3, 0.4) is 0 Å². The Morgan fingerprint density at radius 3 is 2.84 bits per heavy atom. The first-order valence-corrected chi connectivity index (χ1v) is 6.92. The molecule has 3 rings (SSSR count). The lowest BCUT2D eigenvalue weighted by Gasteiger charge is -2.09. The van der Waals surface area contributed by atoms with Crippen molar-refractivity contribution in [2.75, 3.05) is 5.73 Å². The largest absolute Gasteiger partial charge is 0.397 e. The van der Waals surface area contributed by atoms with E-state index in [1.807, 2.05) is 12.3 Å². The predicted molar refractivity (Wildman–Crippen MR) is 81.5 cm³/mol. The van der Waals surface area contributed by atoms with E-state index in [0.29, 0.717) is 0 Å². The van der Waals surface area contributed by atoms with Crippen LogP contribution in [0.15, 0.2) is 64.6 Å². The van der Waals surface area contributed by atoms with Gasteiger partial charge in [-0.25, -0.2) is 0 Å². The smallest absolute Gasteiger partial charge is 0.0536 e. The van der Waals surface area contributed by atoms with Gasteiger partial charge in [-0.2, -0.15) is 0 Å². The first kappa shape index (κ1) is 12.1. The van der Waals surface area contributed by atoms with Gasteiger partial charge < -0.3 is 5.73 Å². The Bertz CT molecular complexity index is 738. The van der Waals surface area contributed by atoms with E-state index in [2.05, 4.69) is 48.3 Å². The van der Waals surface area contributed by atoms with Crippen LogP contribution in [-0.2, 0) is 0 Å². The topological polar surface area (TPSA) is 38.9 Å². The molecule has 1 heterocycles. The van der Waals surface area contributed by atoms with E-state index in [1.54, 1.807) is 18.0 Å². The van der Waals surface area contributed by atoms with Gasteiger partial charge in [-0.1, -0.05) is 35.5 Å². The maximum atomic E-state index is 6.26.